The maximum absolute atomic E-state index is 13.5. The molecule has 3 aromatic carbocycles. The summed E-state index contributed by atoms with van der Waals surface area (Å²) in [5.41, 5.74) is 1.81. The first-order chi connectivity index (χ1) is 22.7. The third-order valence-electron chi connectivity index (χ3n) is 8.53. The van der Waals surface area contributed by atoms with Crippen LogP contribution < -0.4 is 9.47 Å². The molecular weight excluding hydrogens is 601 g/mol. The first-order valence-corrected chi connectivity index (χ1v) is 15.5. The second-order valence-electron chi connectivity index (χ2n) is 11.5. The second kappa shape index (κ2) is 15.1. The van der Waals surface area contributed by atoms with Crippen molar-refractivity contribution >= 4 is 18.9 Å². The largest absolute Gasteiger partial charge is 0.497 e. The van der Waals surface area contributed by atoms with E-state index in [1.165, 1.54) is 6.20 Å². The van der Waals surface area contributed by atoms with Gasteiger partial charge in [-0.05, 0) is 54.8 Å². The molecule has 2 N–H and O–H groups in total. The Kier molecular flexibility index (Phi) is 11.0. The molecule has 246 valence electrons. The monoisotopic (exact) mass is 641 g/mol. The fraction of sp³-hybridized carbons (Fsp3) is 0.333. The molecule has 3 aromatic rings. The Labute approximate surface area is 275 Å². The van der Waals surface area contributed by atoms with Crippen LogP contribution in [0, 0.1) is 5.92 Å². The topological polar surface area (TPSA) is 124 Å². The fourth-order valence-corrected chi connectivity index (χ4v) is 6.21. The van der Waals surface area contributed by atoms with E-state index in [2.05, 4.69) is 0 Å². The zero-order valence-corrected chi connectivity index (χ0v) is 26.9. The minimum absolute atomic E-state index is 0.0107. The zero-order valence-electron chi connectivity index (χ0n) is 26.9. The number of nitrogens with zero attached hydrogens (tertiary/aromatic N) is 1. The Hall–Kier alpha value is -4.26. The van der Waals surface area contributed by atoms with Crippen molar-refractivity contribution in [3.8, 4) is 11.5 Å². The Morgan fingerprint density at radius 1 is 0.915 bits per heavy atom. The Bertz CT molecular complexity index is 1530. The van der Waals surface area contributed by atoms with Gasteiger partial charge in [-0.3, -0.25) is 14.5 Å². The molecule has 0 aromatic heterocycles. The summed E-state index contributed by atoms with van der Waals surface area (Å²) >= 11 is 0. The second-order valence-corrected chi connectivity index (χ2v) is 11.5. The van der Waals surface area contributed by atoms with Gasteiger partial charge in [0.2, 0.25) is 5.91 Å². The van der Waals surface area contributed by atoms with E-state index in [1.54, 1.807) is 40.2 Å². The van der Waals surface area contributed by atoms with Crippen molar-refractivity contribution in [1.29, 1.82) is 0 Å². The normalized spacial score (nSPS) is 21.7. The van der Waals surface area contributed by atoms with Gasteiger partial charge in [-0.25, -0.2) is 0 Å². The lowest BCUT2D eigenvalue weighted by Gasteiger charge is -2.37. The summed E-state index contributed by atoms with van der Waals surface area (Å²) in [6, 6.07) is 25.1. The number of rotatable bonds is 13. The number of hydrogen-bond donors (Lipinski definition) is 2. The molecule has 1 saturated heterocycles. The van der Waals surface area contributed by atoms with E-state index in [4.69, 9.17) is 23.7 Å². The molecular formula is C36H40BNO9. The standard InChI is InChI=1S/C36H40BNO9/c1-5-19-38-34(39)24(2)20-30(35(38)40)31-21-32(45-23-37(41)42)33(47-31)22-46-36(25-9-7-6-8-10-25,26-11-15-28(43-3)16-12-26)27-13-17-29(44-4)18-14-27/h5-20,30-33,41-42H,21-23H2,1-4H3/b19-5-. The smallest absolute Gasteiger partial charge is 0.479 e. The van der Waals surface area contributed by atoms with E-state index in [0.29, 0.717) is 17.1 Å². The van der Waals surface area contributed by atoms with Gasteiger partial charge in [-0.2, -0.15) is 0 Å². The molecule has 2 amide bonds. The molecule has 2 aliphatic rings. The number of imide groups is 1. The summed E-state index contributed by atoms with van der Waals surface area (Å²) in [7, 11) is 1.52. The van der Waals surface area contributed by atoms with Gasteiger partial charge in [0.05, 0.1) is 45.5 Å². The lowest BCUT2D eigenvalue weighted by atomic mass is 9.80. The highest BCUT2D eigenvalue weighted by molar-refractivity contribution is 6.40. The van der Waals surface area contributed by atoms with Gasteiger partial charge in [-0.1, -0.05) is 66.7 Å². The number of benzene rings is 3. The van der Waals surface area contributed by atoms with Crippen molar-refractivity contribution in [2.24, 2.45) is 5.92 Å². The number of carbonyl (C=O) groups excluding carboxylic acids is 2. The molecule has 0 saturated carbocycles. The Balaban J connectivity index is 1.54. The van der Waals surface area contributed by atoms with Crippen molar-refractivity contribution < 1.29 is 43.3 Å². The average molecular weight is 642 g/mol. The predicted octanol–water partition coefficient (Wildman–Crippen LogP) is 4.03. The summed E-state index contributed by atoms with van der Waals surface area (Å²) in [4.78, 5) is 27.3. The summed E-state index contributed by atoms with van der Waals surface area (Å²) in [5.74, 6) is -0.156. The van der Waals surface area contributed by atoms with Crippen LogP contribution in [0.1, 0.15) is 37.0 Å². The summed E-state index contributed by atoms with van der Waals surface area (Å²) in [6.07, 6.45) is 3.00. The number of amides is 2. The quantitative estimate of drug-likeness (QED) is 0.162. The average Bonchev–Trinajstić information content (AvgIpc) is 3.51. The predicted molar refractivity (Wildman–Crippen MR) is 175 cm³/mol. The molecule has 4 unspecified atom stereocenters. The van der Waals surface area contributed by atoms with Crippen LogP contribution in [0.5, 0.6) is 11.5 Å². The van der Waals surface area contributed by atoms with Crippen LogP contribution in [0.25, 0.3) is 0 Å². The molecule has 2 aliphatic heterocycles. The zero-order chi connectivity index (χ0) is 33.6. The Morgan fingerprint density at radius 3 is 2.02 bits per heavy atom. The highest BCUT2D eigenvalue weighted by Gasteiger charge is 2.47. The fourth-order valence-electron chi connectivity index (χ4n) is 6.21. The maximum Gasteiger partial charge on any atom is 0.479 e. The summed E-state index contributed by atoms with van der Waals surface area (Å²) in [6.45, 7) is 3.06. The molecule has 0 radical (unpaired) electrons. The van der Waals surface area contributed by atoms with Crippen molar-refractivity contribution in [2.45, 2.75) is 44.2 Å². The molecule has 11 heteroatoms. The van der Waals surface area contributed by atoms with Crippen molar-refractivity contribution in [3.63, 3.8) is 0 Å². The van der Waals surface area contributed by atoms with Gasteiger partial charge in [0.25, 0.3) is 5.91 Å². The minimum Gasteiger partial charge on any atom is -0.497 e. The number of allylic oxidation sites excluding steroid dienone is 1. The molecule has 0 aliphatic carbocycles. The summed E-state index contributed by atoms with van der Waals surface area (Å²) in [5, 5.41) is 19.3. The van der Waals surface area contributed by atoms with Gasteiger partial charge >= 0.3 is 7.12 Å². The van der Waals surface area contributed by atoms with Crippen molar-refractivity contribution in [2.75, 3.05) is 27.3 Å². The number of carbonyl (C=O) groups is 2. The highest BCUT2D eigenvalue weighted by atomic mass is 16.6. The van der Waals surface area contributed by atoms with Crippen molar-refractivity contribution in [3.05, 3.63) is 119 Å². The van der Waals surface area contributed by atoms with E-state index >= 15 is 0 Å². The van der Waals surface area contributed by atoms with Gasteiger partial charge in [0.1, 0.15) is 23.2 Å². The van der Waals surface area contributed by atoms with Crippen LogP contribution in [0.3, 0.4) is 0 Å². The lowest BCUT2D eigenvalue weighted by molar-refractivity contribution is -0.146. The number of ether oxygens (including phenoxy) is 5. The van der Waals surface area contributed by atoms with Gasteiger partial charge in [0, 0.05) is 18.2 Å². The van der Waals surface area contributed by atoms with Crippen LogP contribution in [0.4, 0.5) is 0 Å². The van der Waals surface area contributed by atoms with E-state index in [9.17, 15) is 19.6 Å². The van der Waals surface area contributed by atoms with Gasteiger partial charge < -0.3 is 33.7 Å². The molecule has 1 fully saturated rings. The van der Waals surface area contributed by atoms with Crippen LogP contribution >= 0.6 is 0 Å². The third kappa shape index (κ3) is 7.19. The van der Waals surface area contributed by atoms with E-state index in [-0.39, 0.29) is 25.4 Å². The maximum atomic E-state index is 13.5. The third-order valence-corrected chi connectivity index (χ3v) is 8.53. The molecule has 4 atom stereocenters. The van der Waals surface area contributed by atoms with Crippen LogP contribution in [0.15, 0.2) is 103 Å². The van der Waals surface area contributed by atoms with Crippen molar-refractivity contribution in [1.82, 2.24) is 4.90 Å². The molecule has 10 nitrogen and oxygen atoms in total. The van der Waals surface area contributed by atoms with Gasteiger partial charge in [0.15, 0.2) is 0 Å². The van der Waals surface area contributed by atoms with E-state index in [0.717, 1.165) is 21.6 Å². The molecule has 5 rings (SSSR count). The van der Waals surface area contributed by atoms with E-state index < -0.39 is 42.9 Å². The molecule has 0 bridgehead atoms. The van der Waals surface area contributed by atoms with Crippen LogP contribution in [0.2, 0.25) is 0 Å². The number of hydrogen-bond acceptors (Lipinski definition) is 9. The van der Waals surface area contributed by atoms with Gasteiger partial charge in [-0.15, -0.1) is 0 Å². The van der Waals surface area contributed by atoms with Crippen LogP contribution in [-0.4, -0.2) is 79.5 Å². The van der Waals surface area contributed by atoms with E-state index in [1.807, 2.05) is 78.9 Å². The molecule has 0 spiro atoms. The van der Waals surface area contributed by atoms with Crippen LogP contribution in [-0.2, 0) is 29.4 Å². The number of methoxy groups -OCH3 is 2. The Morgan fingerprint density at radius 2 is 1.49 bits per heavy atom. The first kappa shape index (κ1) is 34.1. The summed E-state index contributed by atoms with van der Waals surface area (Å²) < 4.78 is 30.4. The SMILES string of the molecule is C/C=C\N1C(=O)C(C)=CC(C2CC(OCB(O)O)C(COC(c3ccccc3)(c3ccc(OC)cc3)c3ccc(OC)cc3)O2)C1=O. The minimum atomic E-state index is -1.70. The lowest BCUT2D eigenvalue weighted by Crippen LogP contribution is -2.45. The molecule has 2 heterocycles. The highest BCUT2D eigenvalue weighted by Crippen LogP contribution is 2.43. The molecule has 47 heavy (non-hydrogen) atoms. The first-order valence-electron chi connectivity index (χ1n) is 15.5.